The second-order valence-corrected chi connectivity index (χ2v) is 5.45. The van der Waals surface area contributed by atoms with Crippen molar-refractivity contribution in [3.8, 4) is 5.75 Å². The molecule has 0 bridgehead atoms. The van der Waals surface area contributed by atoms with Crippen molar-refractivity contribution in [2.45, 2.75) is 19.6 Å². The number of carbonyl (C=O) groups is 1. The first-order chi connectivity index (χ1) is 11.5. The number of anilines is 1. The van der Waals surface area contributed by atoms with Crippen LogP contribution in [0.5, 0.6) is 5.75 Å². The molecule has 0 heterocycles. The molecular weight excluding hydrogens is 314 g/mol. The lowest BCUT2D eigenvalue weighted by atomic mass is 10.1. The van der Waals surface area contributed by atoms with Gasteiger partial charge >= 0.3 is 6.61 Å². The molecule has 128 valence electrons. The summed E-state index contributed by atoms with van der Waals surface area (Å²) in [5.74, 6) is -0.124. The Hall–Kier alpha value is -2.47. The van der Waals surface area contributed by atoms with E-state index in [1.807, 2.05) is 49.2 Å². The Morgan fingerprint density at radius 3 is 2.33 bits per heavy atom. The van der Waals surface area contributed by atoms with E-state index >= 15 is 0 Å². The van der Waals surface area contributed by atoms with E-state index in [1.165, 1.54) is 24.3 Å². The summed E-state index contributed by atoms with van der Waals surface area (Å²) in [6, 6.07) is 15.8. The molecule has 24 heavy (non-hydrogen) atoms. The van der Waals surface area contributed by atoms with Gasteiger partial charge in [0.25, 0.3) is 0 Å². The Morgan fingerprint density at radius 1 is 1.12 bits per heavy atom. The molecule has 0 aliphatic carbocycles. The van der Waals surface area contributed by atoms with Crippen molar-refractivity contribution in [3.05, 3.63) is 60.2 Å². The van der Waals surface area contributed by atoms with Gasteiger partial charge in [0.15, 0.2) is 0 Å². The van der Waals surface area contributed by atoms with Gasteiger partial charge < -0.3 is 10.1 Å². The van der Waals surface area contributed by atoms with Crippen molar-refractivity contribution in [1.82, 2.24) is 4.90 Å². The Bertz CT molecular complexity index is 648. The highest BCUT2D eigenvalue weighted by Gasteiger charge is 2.14. The molecule has 2 aromatic rings. The lowest BCUT2D eigenvalue weighted by Crippen LogP contribution is -2.32. The molecule has 6 heteroatoms. The van der Waals surface area contributed by atoms with Gasteiger partial charge in [-0.2, -0.15) is 8.78 Å². The molecule has 0 aromatic heterocycles. The summed E-state index contributed by atoms with van der Waals surface area (Å²) in [7, 11) is 1.87. The van der Waals surface area contributed by atoms with E-state index in [2.05, 4.69) is 10.1 Å². The molecule has 0 saturated carbocycles. The molecule has 1 amide bonds. The molecule has 0 fully saturated rings. The molecule has 0 aliphatic heterocycles. The van der Waals surface area contributed by atoms with E-state index in [9.17, 15) is 13.6 Å². The van der Waals surface area contributed by atoms with Crippen LogP contribution in [0.25, 0.3) is 0 Å². The standard InChI is InChI=1S/C18H20F2N2O2/c1-13(14-6-4-3-5-7-14)22(2)12-17(23)21-15-8-10-16(11-9-15)24-18(19)20/h3-11,13,18H,12H2,1-2H3,(H,21,23)/t13-/m0/s1. The van der Waals surface area contributed by atoms with Crippen molar-refractivity contribution in [2.24, 2.45) is 0 Å². The summed E-state index contributed by atoms with van der Waals surface area (Å²) in [4.78, 5) is 14.0. The molecule has 0 unspecified atom stereocenters. The van der Waals surface area contributed by atoms with E-state index in [0.717, 1.165) is 5.56 Å². The zero-order chi connectivity index (χ0) is 17.5. The number of nitrogens with one attached hydrogen (secondary N) is 1. The van der Waals surface area contributed by atoms with Crippen molar-refractivity contribution in [2.75, 3.05) is 18.9 Å². The average Bonchev–Trinajstić information content (AvgIpc) is 2.56. The van der Waals surface area contributed by atoms with Gasteiger partial charge in [0, 0.05) is 11.7 Å². The molecule has 4 nitrogen and oxygen atoms in total. The average molecular weight is 334 g/mol. The van der Waals surface area contributed by atoms with E-state index in [0.29, 0.717) is 5.69 Å². The Labute approximate surface area is 140 Å². The molecule has 0 saturated heterocycles. The predicted octanol–water partition coefficient (Wildman–Crippen LogP) is 3.92. The number of rotatable bonds is 7. The van der Waals surface area contributed by atoms with E-state index in [1.54, 1.807) is 0 Å². The van der Waals surface area contributed by atoms with Gasteiger partial charge in [0.05, 0.1) is 6.54 Å². The van der Waals surface area contributed by atoms with Crippen molar-refractivity contribution < 1.29 is 18.3 Å². The first kappa shape index (κ1) is 17.9. The van der Waals surface area contributed by atoms with Gasteiger partial charge in [-0.15, -0.1) is 0 Å². The number of carbonyl (C=O) groups excluding carboxylic acids is 1. The largest absolute Gasteiger partial charge is 0.435 e. The Morgan fingerprint density at radius 2 is 1.75 bits per heavy atom. The van der Waals surface area contributed by atoms with Gasteiger partial charge in [-0.3, -0.25) is 9.69 Å². The van der Waals surface area contributed by atoms with Crippen LogP contribution in [0, 0.1) is 0 Å². The quantitative estimate of drug-likeness (QED) is 0.834. The smallest absolute Gasteiger partial charge is 0.387 e. The number of nitrogens with zero attached hydrogens (tertiary/aromatic N) is 1. The van der Waals surface area contributed by atoms with Crippen LogP contribution in [-0.4, -0.2) is 31.0 Å². The minimum Gasteiger partial charge on any atom is -0.435 e. The first-order valence-corrected chi connectivity index (χ1v) is 7.55. The van der Waals surface area contributed by atoms with E-state index in [4.69, 9.17) is 0 Å². The molecular formula is C18H20F2N2O2. The third-order valence-electron chi connectivity index (χ3n) is 3.70. The highest BCUT2D eigenvalue weighted by Crippen LogP contribution is 2.19. The molecule has 1 N–H and O–H groups in total. The fourth-order valence-electron chi connectivity index (χ4n) is 2.27. The lowest BCUT2D eigenvalue weighted by Gasteiger charge is -2.24. The number of ether oxygens (including phenoxy) is 1. The summed E-state index contributed by atoms with van der Waals surface area (Å²) in [6.07, 6.45) is 0. The number of alkyl halides is 2. The second kappa shape index (κ2) is 8.40. The fraction of sp³-hybridized carbons (Fsp3) is 0.278. The molecule has 2 aromatic carbocycles. The molecule has 0 radical (unpaired) electrons. The highest BCUT2D eigenvalue weighted by molar-refractivity contribution is 5.92. The Kier molecular flexibility index (Phi) is 6.26. The van der Waals surface area contributed by atoms with Crippen LogP contribution in [0.3, 0.4) is 0 Å². The van der Waals surface area contributed by atoms with Crippen LogP contribution < -0.4 is 10.1 Å². The molecule has 2 rings (SSSR count). The Balaban J connectivity index is 1.88. The van der Waals surface area contributed by atoms with Gasteiger partial charge in [-0.05, 0) is 43.8 Å². The minimum atomic E-state index is -2.86. The summed E-state index contributed by atoms with van der Waals surface area (Å²) in [5.41, 5.74) is 1.66. The predicted molar refractivity (Wildman–Crippen MR) is 89.2 cm³/mol. The topological polar surface area (TPSA) is 41.6 Å². The maximum atomic E-state index is 12.1. The van der Waals surface area contributed by atoms with E-state index < -0.39 is 6.61 Å². The number of amides is 1. The van der Waals surface area contributed by atoms with Crippen LogP contribution >= 0.6 is 0 Å². The monoisotopic (exact) mass is 334 g/mol. The number of likely N-dealkylation sites (N-methyl/N-ethyl adjacent to an activating group) is 1. The summed E-state index contributed by atoms with van der Waals surface area (Å²) in [6.45, 7) is -0.622. The minimum absolute atomic E-state index is 0.0535. The first-order valence-electron chi connectivity index (χ1n) is 7.55. The molecule has 0 spiro atoms. The van der Waals surface area contributed by atoms with Gasteiger partial charge in [-0.25, -0.2) is 0 Å². The summed E-state index contributed by atoms with van der Waals surface area (Å²) >= 11 is 0. The normalized spacial score (nSPS) is 12.2. The van der Waals surface area contributed by atoms with Crippen LogP contribution in [0.4, 0.5) is 14.5 Å². The van der Waals surface area contributed by atoms with Crippen molar-refractivity contribution >= 4 is 11.6 Å². The number of hydrogen-bond donors (Lipinski definition) is 1. The highest BCUT2D eigenvalue weighted by atomic mass is 19.3. The summed E-state index contributed by atoms with van der Waals surface area (Å²) in [5, 5.41) is 2.74. The molecule has 0 aliphatic rings. The third-order valence-corrected chi connectivity index (χ3v) is 3.70. The lowest BCUT2D eigenvalue weighted by molar-refractivity contribution is -0.117. The maximum absolute atomic E-state index is 12.1. The number of hydrogen-bond acceptors (Lipinski definition) is 3. The molecule has 1 atom stereocenters. The third kappa shape index (κ3) is 5.31. The van der Waals surface area contributed by atoms with Crippen molar-refractivity contribution in [3.63, 3.8) is 0 Å². The van der Waals surface area contributed by atoms with Gasteiger partial charge in [0.2, 0.25) is 5.91 Å². The van der Waals surface area contributed by atoms with Crippen LogP contribution in [0.15, 0.2) is 54.6 Å². The zero-order valence-electron chi connectivity index (χ0n) is 13.6. The second-order valence-electron chi connectivity index (χ2n) is 5.45. The SMILES string of the molecule is C[C@@H](c1ccccc1)N(C)CC(=O)Nc1ccc(OC(F)F)cc1. The van der Waals surface area contributed by atoms with Gasteiger partial charge in [-0.1, -0.05) is 30.3 Å². The van der Waals surface area contributed by atoms with Crippen LogP contribution in [-0.2, 0) is 4.79 Å². The number of halogens is 2. The maximum Gasteiger partial charge on any atom is 0.387 e. The van der Waals surface area contributed by atoms with Crippen LogP contribution in [0.1, 0.15) is 18.5 Å². The summed E-state index contributed by atoms with van der Waals surface area (Å²) < 4.78 is 28.5. The number of benzene rings is 2. The van der Waals surface area contributed by atoms with Crippen molar-refractivity contribution in [1.29, 1.82) is 0 Å². The van der Waals surface area contributed by atoms with Gasteiger partial charge in [0.1, 0.15) is 5.75 Å². The zero-order valence-corrected chi connectivity index (χ0v) is 13.6. The van der Waals surface area contributed by atoms with Crippen LogP contribution in [0.2, 0.25) is 0 Å². The fourth-order valence-corrected chi connectivity index (χ4v) is 2.27. The van der Waals surface area contributed by atoms with E-state index in [-0.39, 0.29) is 24.2 Å².